The maximum absolute atomic E-state index is 11.8. The average Bonchev–Trinajstić information content (AvgIpc) is 2.57. The lowest BCUT2D eigenvalue weighted by molar-refractivity contribution is -0.117. The van der Waals surface area contributed by atoms with Crippen molar-refractivity contribution in [1.82, 2.24) is 5.32 Å². The molecule has 3 N–H and O–H groups in total. The molecule has 2 aromatic carbocycles. The Morgan fingerprint density at radius 2 is 1.72 bits per heavy atom. The SMILES string of the molecule is COc1cc(Oc2ccc(NC(=O)[C@@H](C)NC(=O)O)cc2)ccc1C. The number of aryl methyl sites for hydroxylation is 1. The van der Waals surface area contributed by atoms with E-state index in [2.05, 4.69) is 10.6 Å². The van der Waals surface area contributed by atoms with Gasteiger partial charge >= 0.3 is 6.09 Å². The lowest BCUT2D eigenvalue weighted by Gasteiger charge is -2.13. The molecule has 25 heavy (non-hydrogen) atoms. The van der Waals surface area contributed by atoms with Crippen molar-refractivity contribution in [3.8, 4) is 17.2 Å². The summed E-state index contributed by atoms with van der Waals surface area (Å²) in [5, 5.41) is 13.3. The van der Waals surface area contributed by atoms with Gasteiger partial charge in [-0.1, -0.05) is 6.07 Å². The van der Waals surface area contributed by atoms with Crippen molar-refractivity contribution in [1.29, 1.82) is 0 Å². The summed E-state index contributed by atoms with van der Waals surface area (Å²) in [4.78, 5) is 22.4. The fraction of sp³-hybridized carbons (Fsp3) is 0.222. The second kappa shape index (κ2) is 8.05. The molecule has 132 valence electrons. The fourth-order valence-electron chi connectivity index (χ4n) is 2.11. The fourth-order valence-corrected chi connectivity index (χ4v) is 2.11. The van der Waals surface area contributed by atoms with Crippen LogP contribution in [0.1, 0.15) is 12.5 Å². The molecule has 0 aromatic heterocycles. The van der Waals surface area contributed by atoms with E-state index in [-0.39, 0.29) is 0 Å². The van der Waals surface area contributed by atoms with E-state index in [1.165, 1.54) is 6.92 Å². The van der Waals surface area contributed by atoms with E-state index < -0.39 is 18.0 Å². The van der Waals surface area contributed by atoms with Gasteiger partial charge in [-0.3, -0.25) is 4.79 Å². The van der Waals surface area contributed by atoms with E-state index >= 15 is 0 Å². The number of carbonyl (C=O) groups is 2. The monoisotopic (exact) mass is 344 g/mol. The van der Waals surface area contributed by atoms with E-state index in [1.807, 2.05) is 19.1 Å². The van der Waals surface area contributed by atoms with Crippen LogP contribution in [0.4, 0.5) is 10.5 Å². The highest BCUT2D eigenvalue weighted by atomic mass is 16.5. The minimum absolute atomic E-state index is 0.445. The van der Waals surface area contributed by atoms with Gasteiger partial charge in [0.1, 0.15) is 23.3 Å². The number of rotatable bonds is 6. The molecule has 0 spiro atoms. The van der Waals surface area contributed by atoms with Gasteiger partial charge in [0, 0.05) is 11.8 Å². The van der Waals surface area contributed by atoms with Crippen molar-refractivity contribution >= 4 is 17.7 Å². The standard InChI is InChI=1S/C18H20N2O5/c1-11-4-7-15(10-16(11)24-3)25-14-8-5-13(6-9-14)20-17(21)12(2)19-18(22)23/h4-10,12,19H,1-3H3,(H,20,21)(H,22,23)/t12-/m1/s1. The summed E-state index contributed by atoms with van der Waals surface area (Å²) in [5.41, 5.74) is 1.55. The predicted molar refractivity (Wildman–Crippen MR) is 93.5 cm³/mol. The molecule has 0 aliphatic heterocycles. The number of methoxy groups -OCH3 is 1. The van der Waals surface area contributed by atoms with Crippen LogP contribution in [0.15, 0.2) is 42.5 Å². The van der Waals surface area contributed by atoms with Crippen molar-refractivity contribution in [3.05, 3.63) is 48.0 Å². The third-order valence-corrected chi connectivity index (χ3v) is 3.47. The summed E-state index contributed by atoms with van der Waals surface area (Å²) >= 11 is 0. The first-order valence-electron chi connectivity index (χ1n) is 7.62. The Balaban J connectivity index is 2.00. The Labute approximate surface area is 145 Å². The summed E-state index contributed by atoms with van der Waals surface area (Å²) in [6.07, 6.45) is -1.25. The normalized spacial score (nSPS) is 11.3. The molecule has 0 saturated heterocycles. The van der Waals surface area contributed by atoms with Crippen molar-refractivity contribution < 1.29 is 24.2 Å². The summed E-state index contributed by atoms with van der Waals surface area (Å²) in [6.45, 7) is 3.41. The van der Waals surface area contributed by atoms with Gasteiger partial charge in [-0.05, 0) is 49.7 Å². The van der Waals surface area contributed by atoms with Gasteiger partial charge in [-0.25, -0.2) is 4.79 Å². The molecule has 0 saturated carbocycles. The quantitative estimate of drug-likeness (QED) is 0.746. The highest BCUT2D eigenvalue weighted by Crippen LogP contribution is 2.28. The van der Waals surface area contributed by atoms with Crippen LogP contribution in [0.3, 0.4) is 0 Å². The molecule has 0 heterocycles. The van der Waals surface area contributed by atoms with E-state index in [1.54, 1.807) is 37.4 Å². The van der Waals surface area contributed by atoms with Crippen LogP contribution in [0, 0.1) is 6.92 Å². The number of carbonyl (C=O) groups excluding carboxylic acids is 1. The summed E-state index contributed by atoms with van der Waals surface area (Å²) < 4.78 is 11.0. The van der Waals surface area contributed by atoms with Crippen LogP contribution in [0.2, 0.25) is 0 Å². The zero-order valence-electron chi connectivity index (χ0n) is 14.2. The molecule has 7 nitrogen and oxygen atoms in total. The summed E-state index contributed by atoms with van der Waals surface area (Å²) in [5.74, 6) is 1.53. The van der Waals surface area contributed by atoms with Crippen molar-refractivity contribution in [2.75, 3.05) is 12.4 Å². The Morgan fingerprint density at radius 1 is 1.08 bits per heavy atom. The second-order valence-electron chi connectivity index (χ2n) is 5.42. The van der Waals surface area contributed by atoms with Crippen molar-refractivity contribution in [3.63, 3.8) is 0 Å². The molecule has 0 fully saturated rings. The van der Waals surface area contributed by atoms with Crippen LogP contribution >= 0.6 is 0 Å². The first-order chi connectivity index (χ1) is 11.9. The molecular weight excluding hydrogens is 324 g/mol. The van der Waals surface area contributed by atoms with Gasteiger partial charge < -0.3 is 25.2 Å². The number of hydrogen-bond donors (Lipinski definition) is 3. The predicted octanol–water partition coefficient (Wildman–Crippen LogP) is 3.39. The van der Waals surface area contributed by atoms with Crippen LogP contribution < -0.4 is 20.1 Å². The molecule has 2 amide bonds. The number of amides is 2. The van der Waals surface area contributed by atoms with Gasteiger partial charge in [0.25, 0.3) is 0 Å². The zero-order valence-corrected chi connectivity index (χ0v) is 14.2. The Morgan fingerprint density at radius 3 is 2.32 bits per heavy atom. The zero-order chi connectivity index (χ0) is 18.4. The number of carboxylic acid groups (broad SMARTS) is 1. The number of anilines is 1. The van der Waals surface area contributed by atoms with Crippen LogP contribution in [0.5, 0.6) is 17.2 Å². The van der Waals surface area contributed by atoms with Gasteiger partial charge in [0.15, 0.2) is 0 Å². The minimum atomic E-state index is -1.25. The Bertz CT molecular complexity index is 759. The molecule has 0 radical (unpaired) electrons. The highest BCUT2D eigenvalue weighted by Gasteiger charge is 2.14. The molecule has 0 bridgehead atoms. The third kappa shape index (κ3) is 5.13. The summed E-state index contributed by atoms with van der Waals surface area (Å²) in [6, 6.07) is 11.4. The molecular formula is C18H20N2O5. The molecule has 0 aliphatic rings. The van der Waals surface area contributed by atoms with Gasteiger partial charge in [0.2, 0.25) is 5.91 Å². The molecule has 1 atom stereocenters. The highest BCUT2D eigenvalue weighted by molar-refractivity contribution is 5.96. The molecule has 2 aromatic rings. The van der Waals surface area contributed by atoms with E-state index in [9.17, 15) is 9.59 Å². The van der Waals surface area contributed by atoms with Gasteiger partial charge in [-0.2, -0.15) is 0 Å². The maximum atomic E-state index is 11.8. The first kappa shape index (κ1) is 18.1. The average molecular weight is 344 g/mol. The van der Waals surface area contributed by atoms with E-state index in [0.717, 1.165) is 11.3 Å². The Kier molecular flexibility index (Phi) is 5.84. The van der Waals surface area contributed by atoms with Crippen molar-refractivity contribution in [2.24, 2.45) is 0 Å². The van der Waals surface area contributed by atoms with E-state index in [0.29, 0.717) is 17.2 Å². The third-order valence-electron chi connectivity index (χ3n) is 3.47. The smallest absolute Gasteiger partial charge is 0.405 e. The largest absolute Gasteiger partial charge is 0.496 e. The first-order valence-corrected chi connectivity index (χ1v) is 7.62. The second-order valence-corrected chi connectivity index (χ2v) is 5.42. The number of hydrogen-bond acceptors (Lipinski definition) is 4. The molecule has 0 aliphatic carbocycles. The van der Waals surface area contributed by atoms with Crippen LogP contribution in [-0.4, -0.2) is 30.3 Å². The van der Waals surface area contributed by atoms with E-state index in [4.69, 9.17) is 14.6 Å². The minimum Gasteiger partial charge on any atom is -0.496 e. The van der Waals surface area contributed by atoms with Crippen LogP contribution in [0.25, 0.3) is 0 Å². The molecule has 2 rings (SSSR count). The van der Waals surface area contributed by atoms with Crippen molar-refractivity contribution in [2.45, 2.75) is 19.9 Å². The van der Waals surface area contributed by atoms with Crippen LogP contribution in [-0.2, 0) is 4.79 Å². The molecule has 0 unspecified atom stereocenters. The number of benzene rings is 2. The number of ether oxygens (including phenoxy) is 2. The molecule has 7 heteroatoms. The van der Waals surface area contributed by atoms with Gasteiger partial charge in [-0.15, -0.1) is 0 Å². The van der Waals surface area contributed by atoms with Gasteiger partial charge in [0.05, 0.1) is 7.11 Å². The summed E-state index contributed by atoms with van der Waals surface area (Å²) in [7, 11) is 1.60. The lowest BCUT2D eigenvalue weighted by atomic mass is 10.2. The number of nitrogens with one attached hydrogen (secondary N) is 2. The lowest BCUT2D eigenvalue weighted by Crippen LogP contribution is -2.40. The maximum Gasteiger partial charge on any atom is 0.405 e. The Hall–Kier alpha value is -3.22. The topological polar surface area (TPSA) is 96.9 Å².